The lowest BCUT2D eigenvalue weighted by Crippen LogP contribution is -2.21. The largest absolute Gasteiger partial charge is 0.369 e. The van der Waals surface area contributed by atoms with Gasteiger partial charge in [-0.15, -0.1) is 11.3 Å². The van der Waals surface area contributed by atoms with E-state index < -0.39 is 0 Å². The van der Waals surface area contributed by atoms with Crippen LogP contribution in [0.15, 0.2) is 41.9 Å². The van der Waals surface area contributed by atoms with Crippen LogP contribution < -0.4 is 5.32 Å². The van der Waals surface area contributed by atoms with Gasteiger partial charge in [-0.2, -0.15) is 0 Å². The van der Waals surface area contributed by atoms with Crippen LogP contribution in [0.1, 0.15) is 10.6 Å². The van der Waals surface area contributed by atoms with Crippen LogP contribution in [-0.4, -0.2) is 9.97 Å². The molecule has 0 bridgehead atoms. The molecule has 0 amide bonds. The van der Waals surface area contributed by atoms with E-state index in [0.29, 0.717) is 6.54 Å². The van der Waals surface area contributed by atoms with Crippen LogP contribution >= 0.6 is 23.6 Å². The summed E-state index contributed by atoms with van der Waals surface area (Å²) in [6.45, 7) is 0.678. The van der Waals surface area contributed by atoms with Crippen molar-refractivity contribution in [2.24, 2.45) is 0 Å². The number of pyridine rings is 1. The number of nitrogens with one attached hydrogen (secondary N) is 1. The predicted octanol–water partition coefficient (Wildman–Crippen LogP) is 2.61. The Hall–Kier alpha value is -1.26. The molecule has 2 nitrogen and oxygen atoms in total. The first kappa shape index (κ1) is 10.3. The van der Waals surface area contributed by atoms with Crippen LogP contribution in [0.4, 0.5) is 0 Å². The van der Waals surface area contributed by atoms with E-state index in [9.17, 15) is 0 Å². The Morgan fingerprint density at radius 2 is 2.27 bits per heavy atom. The fourth-order valence-corrected chi connectivity index (χ4v) is 2.09. The Kier molecular flexibility index (Phi) is 3.42. The number of thiophene rings is 1. The Balaban J connectivity index is 1.92. The summed E-state index contributed by atoms with van der Waals surface area (Å²) < 4.78 is 0. The van der Waals surface area contributed by atoms with Gasteiger partial charge in [0.15, 0.2) is 0 Å². The minimum absolute atomic E-state index is 0.678. The van der Waals surface area contributed by atoms with Gasteiger partial charge in [0.05, 0.1) is 17.1 Å². The number of rotatable bonds is 3. The standard InChI is InChI=1S/C11H10N2S2/c14-11(10-5-3-7-15-10)13-8-9-4-1-2-6-12-9/h1-7H,8H2,(H,13,14). The molecule has 1 N–H and O–H groups in total. The highest BCUT2D eigenvalue weighted by Crippen LogP contribution is 2.08. The Morgan fingerprint density at radius 3 is 2.93 bits per heavy atom. The lowest BCUT2D eigenvalue weighted by atomic mass is 10.3. The van der Waals surface area contributed by atoms with Crippen molar-refractivity contribution >= 4 is 28.5 Å². The highest BCUT2D eigenvalue weighted by molar-refractivity contribution is 7.81. The number of hydrogen-bond acceptors (Lipinski definition) is 3. The van der Waals surface area contributed by atoms with Crippen molar-refractivity contribution in [3.8, 4) is 0 Å². The Bertz CT molecular complexity index is 423. The molecule has 0 unspecified atom stereocenters. The van der Waals surface area contributed by atoms with Gasteiger partial charge in [0.25, 0.3) is 0 Å². The van der Waals surface area contributed by atoms with Gasteiger partial charge in [0, 0.05) is 6.20 Å². The SMILES string of the molecule is S=C(NCc1ccccn1)c1cccs1. The van der Waals surface area contributed by atoms with Crippen LogP contribution in [0.5, 0.6) is 0 Å². The number of hydrogen-bond donors (Lipinski definition) is 1. The van der Waals surface area contributed by atoms with Gasteiger partial charge in [-0.05, 0) is 23.6 Å². The summed E-state index contributed by atoms with van der Waals surface area (Å²) >= 11 is 6.89. The van der Waals surface area contributed by atoms with Gasteiger partial charge in [-0.1, -0.05) is 24.4 Å². The monoisotopic (exact) mass is 234 g/mol. The highest BCUT2D eigenvalue weighted by Gasteiger charge is 2.01. The van der Waals surface area contributed by atoms with Crippen LogP contribution in [-0.2, 0) is 6.54 Å². The maximum atomic E-state index is 5.24. The van der Waals surface area contributed by atoms with Gasteiger partial charge in [0.2, 0.25) is 0 Å². The molecule has 0 radical (unpaired) electrons. The first-order valence-electron chi connectivity index (χ1n) is 4.58. The minimum atomic E-state index is 0.678. The summed E-state index contributed by atoms with van der Waals surface area (Å²) in [5.41, 5.74) is 0.997. The van der Waals surface area contributed by atoms with Crippen LogP contribution in [0.25, 0.3) is 0 Å². The lowest BCUT2D eigenvalue weighted by molar-refractivity contribution is 0.885. The van der Waals surface area contributed by atoms with Gasteiger partial charge in [-0.25, -0.2) is 0 Å². The average molecular weight is 234 g/mol. The second-order valence-electron chi connectivity index (χ2n) is 2.98. The van der Waals surface area contributed by atoms with E-state index in [4.69, 9.17) is 12.2 Å². The third-order valence-corrected chi connectivity index (χ3v) is 3.28. The molecule has 2 aromatic heterocycles. The lowest BCUT2D eigenvalue weighted by Gasteiger charge is -2.04. The molecular formula is C11H10N2S2. The maximum Gasteiger partial charge on any atom is 0.117 e. The average Bonchev–Trinajstić information content (AvgIpc) is 2.81. The van der Waals surface area contributed by atoms with E-state index in [-0.39, 0.29) is 0 Å². The van der Waals surface area contributed by atoms with Crippen LogP contribution in [0.3, 0.4) is 0 Å². The molecule has 0 saturated carbocycles. The molecule has 0 aliphatic rings. The molecule has 0 aromatic carbocycles. The molecular weight excluding hydrogens is 224 g/mol. The summed E-state index contributed by atoms with van der Waals surface area (Å²) in [6.07, 6.45) is 1.78. The molecule has 0 aliphatic heterocycles. The first-order chi connectivity index (χ1) is 7.36. The topological polar surface area (TPSA) is 24.9 Å². The van der Waals surface area contributed by atoms with Crippen molar-refractivity contribution in [1.82, 2.24) is 10.3 Å². The van der Waals surface area contributed by atoms with E-state index in [0.717, 1.165) is 15.6 Å². The molecule has 4 heteroatoms. The van der Waals surface area contributed by atoms with E-state index >= 15 is 0 Å². The molecule has 76 valence electrons. The van der Waals surface area contributed by atoms with Crippen LogP contribution in [0, 0.1) is 0 Å². The summed E-state index contributed by atoms with van der Waals surface area (Å²) in [4.78, 5) is 6.10. The first-order valence-corrected chi connectivity index (χ1v) is 5.86. The maximum absolute atomic E-state index is 5.24. The van der Waals surface area contributed by atoms with Crippen molar-refractivity contribution in [3.63, 3.8) is 0 Å². The second-order valence-corrected chi connectivity index (χ2v) is 4.34. The third kappa shape index (κ3) is 2.84. The zero-order chi connectivity index (χ0) is 10.5. The van der Waals surface area contributed by atoms with E-state index in [1.807, 2.05) is 35.7 Å². The molecule has 0 aliphatic carbocycles. The molecule has 0 spiro atoms. The summed E-state index contributed by atoms with van der Waals surface area (Å²) in [7, 11) is 0. The van der Waals surface area contributed by atoms with E-state index in [2.05, 4.69) is 10.3 Å². The number of nitrogens with zero attached hydrogens (tertiary/aromatic N) is 1. The van der Waals surface area contributed by atoms with Crippen molar-refractivity contribution in [3.05, 3.63) is 52.5 Å². The van der Waals surface area contributed by atoms with E-state index in [1.165, 1.54) is 0 Å². The van der Waals surface area contributed by atoms with Gasteiger partial charge >= 0.3 is 0 Å². The van der Waals surface area contributed by atoms with E-state index in [1.54, 1.807) is 17.5 Å². The molecule has 15 heavy (non-hydrogen) atoms. The van der Waals surface area contributed by atoms with Crippen molar-refractivity contribution in [2.75, 3.05) is 0 Å². The fraction of sp³-hybridized carbons (Fsp3) is 0.0909. The van der Waals surface area contributed by atoms with Crippen LogP contribution in [0.2, 0.25) is 0 Å². The quantitative estimate of drug-likeness (QED) is 0.826. The molecule has 2 rings (SSSR count). The highest BCUT2D eigenvalue weighted by atomic mass is 32.1. The second kappa shape index (κ2) is 5.00. The molecule has 2 aromatic rings. The Morgan fingerprint density at radius 1 is 1.33 bits per heavy atom. The summed E-state index contributed by atoms with van der Waals surface area (Å²) in [6, 6.07) is 9.86. The van der Waals surface area contributed by atoms with Crippen molar-refractivity contribution in [1.29, 1.82) is 0 Å². The van der Waals surface area contributed by atoms with Gasteiger partial charge < -0.3 is 5.32 Å². The summed E-state index contributed by atoms with van der Waals surface area (Å²) in [5, 5.41) is 5.20. The normalized spacial score (nSPS) is 9.87. The molecule has 2 heterocycles. The molecule has 0 saturated heterocycles. The number of thiocarbonyl (C=S) groups is 1. The zero-order valence-electron chi connectivity index (χ0n) is 8.01. The van der Waals surface area contributed by atoms with Crippen molar-refractivity contribution < 1.29 is 0 Å². The predicted molar refractivity (Wildman–Crippen MR) is 67.1 cm³/mol. The van der Waals surface area contributed by atoms with Gasteiger partial charge in [-0.3, -0.25) is 4.98 Å². The molecule has 0 atom stereocenters. The Labute approximate surface area is 98.0 Å². The summed E-state index contributed by atoms with van der Waals surface area (Å²) in [5.74, 6) is 0. The number of aromatic nitrogens is 1. The molecule has 0 fully saturated rings. The zero-order valence-corrected chi connectivity index (χ0v) is 9.65. The smallest absolute Gasteiger partial charge is 0.117 e. The minimum Gasteiger partial charge on any atom is -0.369 e. The fourth-order valence-electron chi connectivity index (χ4n) is 1.17. The third-order valence-electron chi connectivity index (χ3n) is 1.90. The van der Waals surface area contributed by atoms with Crippen molar-refractivity contribution in [2.45, 2.75) is 6.54 Å². The van der Waals surface area contributed by atoms with Gasteiger partial charge in [0.1, 0.15) is 4.99 Å².